The molecule has 7 heteroatoms. The van der Waals surface area contributed by atoms with Crippen molar-refractivity contribution in [3.63, 3.8) is 0 Å². The fraction of sp³-hybridized carbons (Fsp3) is 0.250. The SMILES string of the molecule is COc1ccc(CCNC(=O)c2cccnc2SC(F)F)cc1. The van der Waals surface area contributed by atoms with Crippen molar-refractivity contribution in [1.82, 2.24) is 10.3 Å². The lowest BCUT2D eigenvalue weighted by atomic mass is 10.1. The Kier molecular flexibility index (Phi) is 6.34. The van der Waals surface area contributed by atoms with Gasteiger partial charge in [-0.05, 0) is 48.0 Å². The molecule has 23 heavy (non-hydrogen) atoms. The van der Waals surface area contributed by atoms with E-state index in [1.807, 2.05) is 24.3 Å². The number of rotatable bonds is 7. The Morgan fingerprint density at radius 3 is 2.70 bits per heavy atom. The zero-order valence-corrected chi connectivity index (χ0v) is 13.3. The molecule has 0 bridgehead atoms. The summed E-state index contributed by atoms with van der Waals surface area (Å²) in [5, 5.41) is 2.75. The Morgan fingerprint density at radius 1 is 1.30 bits per heavy atom. The quantitative estimate of drug-likeness (QED) is 0.787. The molecule has 1 N–H and O–H groups in total. The van der Waals surface area contributed by atoms with Crippen LogP contribution in [0.2, 0.25) is 0 Å². The van der Waals surface area contributed by atoms with Crippen LogP contribution in [0.15, 0.2) is 47.6 Å². The molecule has 0 aliphatic rings. The van der Waals surface area contributed by atoms with Crippen LogP contribution in [-0.4, -0.2) is 30.3 Å². The van der Waals surface area contributed by atoms with Gasteiger partial charge in [0.25, 0.3) is 11.7 Å². The molecule has 1 aromatic carbocycles. The van der Waals surface area contributed by atoms with Crippen molar-refractivity contribution in [2.24, 2.45) is 0 Å². The van der Waals surface area contributed by atoms with Crippen LogP contribution in [0.25, 0.3) is 0 Å². The third kappa shape index (κ3) is 5.21. The van der Waals surface area contributed by atoms with Gasteiger partial charge in [0, 0.05) is 12.7 Å². The Morgan fingerprint density at radius 2 is 2.04 bits per heavy atom. The van der Waals surface area contributed by atoms with Gasteiger partial charge in [0.15, 0.2) is 0 Å². The first kappa shape index (κ1) is 17.2. The number of pyridine rings is 1. The summed E-state index contributed by atoms with van der Waals surface area (Å²) < 4.78 is 30.0. The van der Waals surface area contributed by atoms with Crippen LogP contribution < -0.4 is 10.1 Å². The number of aromatic nitrogens is 1. The van der Waals surface area contributed by atoms with E-state index >= 15 is 0 Å². The predicted molar refractivity (Wildman–Crippen MR) is 85.1 cm³/mol. The second-order valence-corrected chi connectivity index (χ2v) is 5.57. The number of hydrogen-bond acceptors (Lipinski definition) is 4. The van der Waals surface area contributed by atoms with Crippen LogP contribution in [0.1, 0.15) is 15.9 Å². The Balaban J connectivity index is 1.91. The van der Waals surface area contributed by atoms with E-state index in [0.717, 1.165) is 11.3 Å². The summed E-state index contributed by atoms with van der Waals surface area (Å²) >= 11 is 0.268. The van der Waals surface area contributed by atoms with Crippen molar-refractivity contribution in [1.29, 1.82) is 0 Å². The van der Waals surface area contributed by atoms with Crippen molar-refractivity contribution in [2.45, 2.75) is 17.2 Å². The molecular formula is C16H16F2N2O2S. The second kappa shape index (κ2) is 8.47. The minimum Gasteiger partial charge on any atom is -0.497 e. The summed E-state index contributed by atoms with van der Waals surface area (Å²) in [6.07, 6.45) is 2.02. The molecule has 0 aliphatic heterocycles. The fourth-order valence-corrected chi connectivity index (χ4v) is 2.53. The minimum absolute atomic E-state index is 0.0319. The number of methoxy groups -OCH3 is 1. The first-order valence-corrected chi connectivity index (χ1v) is 7.79. The molecule has 2 aromatic rings. The lowest BCUT2D eigenvalue weighted by Gasteiger charge is -2.09. The summed E-state index contributed by atoms with van der Waals surface area (Å²) in [7, 11) is 1.60. The molecule has 122 valence electrons. The number of nitrogens with one attached hydrogen (secondary N) is 1. The number of amides is 1. The van der Waals surface area contributed by atoms with E-state index in [9.17, 15) is 13.6 Å². The smallest absolute Gasteiger partial charge is 0.290 e. The van der Waals surface area contributed by atoms with Crippen LogP contribution >= 0.6 is 11.8 Å². The van der Waals surface area contributed by atoms with Crippen molar-refractivity contribution in [3.05, 3.63) is 53.7 Å². The highest BCUT2D eigenvalue weighted by Crippen LogP contribution is 2.26. The molecule has 0 saturated carbocycles. The molecule has 0 unspecified atom stereocenters. The van der Waals surface area contributed by atoms with Crippen LogP contribution in [0, 0.1) is 0 Å². The number of benzene rings is 1. The maximum Gasteiger partial charge on any atom is 0.290 e. The number of ether oxygens (including phenoxy) is 1. The van der Waals surface area contributed by atoms with Gasteiger partial charge in [-0.1, -0.05) is 12.1 Å². The van der Waals surface area contributed by atoms with Crippen molar-refractivity contribution in [2.75, 3.05) is 13.7 Å². The van der Waals surface area contributed by atoms with Crippen LogP contribution in [-0.2, 0) is 6.42 Å². The van der Waals surface area contributed by atoms with Crippen LogP contribution in [0.4, 0.5) is 8.78 Å². The van der Waals surface area contributed by atoms with Crippen LogP contribution in [0.3, 0.4) is 0 Å². The van der Waals surface area contributed by atoms with Crippen molar-refractivity contribution >= 4 is 17.7 Å². The number of halogens is 2. The van der Waals surface area contributed by atoms with Gasteiger partial charge in [-0.15, -0.1) is 0 Å². The number of alkyl halides is 2. The highest BCUT2D eigenvalue weighted by molar-refractivity contribution is 7.99. The molecular weight excluding hydrogens is 322 g/mol. The van der Waals surface area contributed by atoms with E-state index in [1.54, 1.807) is 13.2 Å². The summed E-state index contributed by atoms with van der Waals surface area (Å²) in [4.78, 5) is 15.9. The molecule has 2 rings (SSSR count). The third-order valence-corrected chi connectivity index (χ3v) is 3.80. The molecule has 1 amide bonds. The molecule has 0 aliphatic carbocycles. The van der Waals surface area contributed by atoms with E-state index in [2.05, 4.69) is 10.3 Å². The Bertz CT molecular complexity index is 651. The largest absolute Gasteiger partial charge is 0.497 e. The lowest BCUT2D eigenvalue weighted by Crippen LogP contribution is -2.26. The van der Waals surface area contributed by atoms with E-state index in [1.165, 1.54) is 12.3 Å². The van der Waals surface area contributed by atoms with Gasteiger partial charge >= 0.3 is 0 Å². The zero-order chi connectivity index (χ0) is 16.7. The number of carbonyl (C=O) groups is 1. The van der Waals surface area contributed by atoms with E-state index in [-0.39, 0.29) is 22.4 Å². The summed E-state index contributed by atoms with van der Waals surface area (Å²) in [6.45, 7) is 0.402. The third-order valence-electron chi connectivity index (χ3n) is 3.07. The van der Waals surface area contributed by atoms with Gasteiger partial charge in [-0.3, -0.25) is 4.79 Å². The fourth-order valence-electron chi connectivity index (χ4n) is 1.95. The molecule has 0 atom stereocenters. The number of carbonyl (C=O) groups excluding carboxylic acids is 1. The standard InChI is InChI=1S/C16H16F2N2O2S/c1-22-12-6-4-11(5-7-12)8-10-19-14(21)13-3-2-9-20-15(13)23-16(17)18/h2-7,9,16H,8,10H2,1H3,(H,19,21). The van der Waals surface area contributed by atoms with Crippen molar-refractivity contribution < 1.29 is 18.3 Å². The molecule has 0 fully saturated rings. The summed E-state index contributed by atoms with van der Waals surface area (Å²) in [5.74, 6) is -2.26. The average molecular weight is 338 g/mol. The van der Waals surface area contributed by atoms with E-state index < -0.39 is 11.7 Å². The Labute approximate surface area is 137 Å². The molecule has 1 aromatic heterocycles. The highest BCUT2D eigenvalue weighted by Gasteiger charge is 2.16. The van der Waals surface area contributed by atoms with Gasteiger partial charge in [0.2, 0.25) is 0 Å². The van der Waals surface area contributed by atoms with Gasteiger partial charge in [-0.25, -0.2) is 4.98 Å². The monoisotopic (exact) mass is 338 g/mol. The summed E-state index contributed by atoms with van der Waals surface area (Å²) in [6, 6.07) is 10.5. The van der Waals surface area contributed by atoms with Crippen molar-refractivity contribution in [3.8, 4) is 5.75 Å². The normalized spacial score (nSPS) is 10.6. The topological polar surface area (TPSA) is 51.2 Å². The first-order chi connectivity index (χ1) is 11.1. The van der Waals surface area contributed by atoms with Gasteiger partial charge in [0.05, 0.1) is 12.7 Å². The zero-order valence-electron chi connectivity index (χ0n) is 12.5. The number of thioether (sulfide) groups is 1. The number of nitrogens with zero attached hydrogens (tertiary/aromatic N) is 1. The van der Waals surface area contributed by atoms with Gasteiger partial charge in [-0.2, -0.15) is 8.78 Å². The van der Waals surface area contributed by atoms with Crippen LogP contribution in [0.5, 0.6) is 5.75 Å². The minimum atomic E-state index is -2.62. The molecule has 0 spiro atoms. The second-order valence-electron chi connectivity index (χ2n) is 4.59. The maximum absolute atomic E-state index is 12.5. The highest BCUT2D eigenvalue weighted by atomic mass is 32.2. The van der Waals surface area contributed by atoms with Gasteiger partial charge in [0.1, 0.15) is 10.8 Å². The lowest BCUT2D eigenvalue weighted by molar-refractivity contribution is 0.0950. The molecule has 1 heterocycles. The maximum atomic E-state index is 12.5. The predicted octanol–water partition coefficient (Wildman–Crippen LogP) is 3.38. The Hall–Kier alpha value is -2.15. The molecule has 4 nitrogen and oxygen atoms in total. The molecule has 0 radical (unpaired) electrons. The summed E-state index contributed by atoms with van der Waals surface area (Å²) in [5.41, 5.74) is 1.20. The first-order valence-electron chi connectivity index (χ1n) is 6.91. The van der Waals surface area contributed by atoms with E-state index in [4.69, 9.17) is 4.74 Å². The van der Waals surface area contributed by atoms with E-state index in [0.29, 0.717) is 13.0 Å². The van der Waals surface area contributed by atoms with Gasteiger partial charge < -0.3 is 10.1 Å². The number of hydrogen-bond donors (Lipinski definition) is 1. The molecule has 0 saturated heterocycles. The average Bonchev–Trinajstić information content (AvgIpc) is 2.55.